The predicted molar refractivity (Wildman–Crippen MR) is 93.1 cm³/mol. The fourth-order valence-electron chi connectivity index (χ4n) is 2.44. The van der Waals surface area contributed by atoms with Crippen LogP contribution in [0.25, 0.3) is 0 Å². The predicted octanol–water partition coefficient (Wildman–Crippen LogP) is 3.31. The Morgan fingerprint density at radius 2 is 1.42 bits per heavy atom. The van der Waals surface area contributed by atoms with Gasteiger partial charge in [-0.1, -0.05) is 18.2 Å². The van der Waals surface area contributed by atoms with Gasteiger partial charge in [0.2, 0.25) is 5.91 Å². The lowest BCUT2D eigenvalue weighted by atomic mass is 10.1. The van der Waals surface area contributed by atoms with E-state index in [9.17, 15) is 9.59 Å². The van der Waals surface area contributed by atoms with E-state index in [0.29, 0.717) is 24.6 Å². The number of hydrogen-bond donors (Lipinski definition) is 3. The number of para-hydroxylation sites is 1. The fourth-order valence-corrected chi connectivity index (χ4v) is 2.44. The number of amides is 3. The second-order valence-electron chi connectivity index (χ2n) is 5.57. The summed E-state index contributed by atoms with van der Waals surface area (Å²) in [6, 6.07) is 15.9. The minimum absolute atomic E-state index is 0.0324. The Morgan fingerprint density at radius 3 is 2.00 bits per heavy atom. The second kappa shape index (κ2) is 7.61. The van der Waals surface area contributed by atoms with Crippen molar-refractivity contribution in [1.82, 2.24) is 0 Å². The van der Waals surface area contributed by atoms with E-state index in [2.05, 4.69) is 16.0 Å². The first kappa shape index (κ1) is 16.0. The Balaban J connectivity index is 1.52. The van der Waals surface area contributed by atoms with E-state index < -0.39 is 0 Å². The lowest BCUT2D eigenvalue weighted by Gasteiger charge is -2.11. The van der Waals surface area contributed by atoms with E-state index in [1.54, 1.807) is 24.3 Å². The number of rotatable bonds is 4. The average Bonchev–Trinajstić information content (AvgIpc) is 3.12. The van der Waals surface area contributed by atoms with Crippen molar-refractivity contribution in [2.75, 3.05) is 29.2 Å². The van der Waals surface area contributed by atoms with Crippen LogP contribution in [0.1, 0.15) is 6.42 Å². The van der Waals surface area contributed by atoms with E-state index in [0.717, 1.165) is 12.1 Å². The van der Waals surface area contributed by atoms with Gasteiger partial charge in [0.05, 0.1) is 12.5 Å². The quantitative estimate of drug-likeness (QED) is 0.807. The number of ether oxygens (including phenoxy) is 1. The SMILES string of the molecule is O=C(Nc1ccccc1)Nc1ccc(NC(=O)C2CCOC2)cc1. The molecule has 6 heteroatoms. The van der Waals surface area contributed by atoms with E-state index in [1.165, 1.54) is 0 Å². The van der Waals surface area contributed by atoms with E-state index in [1.807, 2.05) is 30.3 Å². The number of carbonyl (C=O) groups excluding carboxylic acids is 2. The molecule has 3 N–H and O–H groups in total. The Kier molecular flexibility index (Phi) is 5.08. The molecule has 6 nitrogen and oxygen atoms in total. The maximum absolute atomic E-state index is 12.0. The van der Waals surface area contributed by atoms with Crippen LogP contribution in [0.2, 0.25) is 0 Å². The van der Waals surface area contributed by atoms with E-state index in [4.69, 9.17) is 4.74 Å². The molecule has 1 heterocycles. The van der Waals surface area contributed by atoms with E-state index >= 15 is 0 Å². The molecule has 0 bridgehead atoms. The van der Waals surface area contributed by atoms with Gasteiger partial charge in [0.25, 0.3) is 0 Å². The van der Waals surface area contributed by atoms with Crippen molar-refractivity contribution in [2.24, 2.45) is 5.92 Å². The van der Waals surface area contributed by atoms with Crippen LogP contribution in [-0.4, -0.2) is 25.2 Å². The zero-order valence-electron chi connectivity index (χ0n) is 13.1. The maximum atomic E-state index is 12.0. The molecule has 0 spiro atoms. The summed E-state index contributed by atoms with van der Waals surface area (Å²) in [7, 11) is 0. The van der Waals surface area contributed by atoms with Crippen LogP contribution in [0.4, 0.5) is 21.9 Å². The number of carbonyl (C=O) groups is 2. The molecule has 24 heavy (non-hydrogen) atoms. The normalized spacial score (nSPS) is 16.4. The van der Waals surface area contributed by atoms with Crippen molar-refractivity contribution in [3.05, 3.63) is 54.6 Å². The summed E-state index contributed by atoms with van der Waals surface area (Å²) in [6.07, 6.45) is 0.755. The van der Waals surface area contributed by atoms with Crippen molar-refractivity contribution in [3.8, 4) is 0 Å². The van der Waals surface area contributed by atoms with Crippen molar-refractivity contribution >= 4 is 29.0 Å². The highest BCUT2D eigenvalue weighted by atomic mass is 16.5. The van der Waals surface area contributed by atoms with Gasteiger partial charge in [-0.25, -0.2) is 4.79 Å². The van der Waals surface area contributed by atoms with Gasteiger partial charge in [-0.05, 0) is 42.8 Å². The molecule has 1 aliphatic rings. The molecule has 1 unspecified atom stereocenters. The summed E-state index contributed by atoms with van der Waals surface area (Å²) in [5.41, 5.74) is 2.06. The fraction of sp³-hybridized carbons (Fsp3) is 0.222. The molecular weight excluding hydrogens is 306 g/mol. The highest BCUT2D eigenvalue weighted by molar-refractivity contribution is 6.00. The monoisotopic (exact) mass is 325 g/mol. The van der Waals surface area contributed by atoms with Crippen LogP contribution in [0, 0.1) is 5.92 Å². The van der Waals surface area contributed by atoms with Crippen molar-refractivity contribution in [2.45, 2.75) is 6.42 Å². The topological polar surface area (TPSA) is 79.5 Å². The Bertz CT molecular complexity index is 695. The standard InChI is InChI=1S/C18H19N3O3/c22-17(13-10-11-24-12-13)19-15-6-8-16(9-7-15)21-18(23)20-14-4-2-1-3-5-14/h1-9,13H,10-12H2,(H,19,22)(H2,20,21,23). The summed E-state index contributed by atoms with van der Waals surface area (Å²) in [4.78, 5) is 23.9. The van der Waals surface area contributed by atoms with Gasteiger partial charge in [-0.2, -0.15) is 0 Å². The van der Waals surface area contributed by atoms with Gasteiger partial charge in [0, 0.05) is 23.7 Å². The van der Waals surface area contributed by atoms with Gasteiger partial charge in [0.15, 0.2) is 0 Å². The van der Waals surface area contributed by atoms with Crippen molar-refractivity contribution in [3.63, 3.8) is 0 Å². The molecule has 1 aliphatic heterocycles. The minimum Gasteiger partial charge on any atom is -0.381 e. The van der Waals surface area contributed by atoms with Crippen LogP contribution in [-0.2, 0) is 9.53 Å². The summed E-state index contributed by atoms with van der Waals surface area (Å²) in [6.45, 7) is 1.11. The molecule has 1 fully saturated rings. The molecule has 3 amide bonds. The molecule has 1 saturated heterocycles. The second-order valence-corrected chi connectivity index (χ2v) is 5.57. The van der Waals surface area contributed by atoms with E-state index in [-0.39, 0.29) is 17.9 Å². The largest absolute Gasteiger partial charge is 0.381 e. The molecule has 0 saturated carbocycles. The molecule has 3 rings (SSSR count). The molecule has 1 atom stereocenters. The van der Waals surface area contributed by atoms with Crippen LogP contribution in [0.15, 0.2) is 54.6 Å². The number of urea groups is 1. The molecule has 0 aliphatic carbocycles. The van der Waals surface area contributed by atoms with Crippen molar-refractivity contribution in [1.29, 1.82) is 0 Å². The summed E-state index contributed by atoms with van der Waals surface area (Å²) in [5, 5.41) is 8.34. The van der Waals surface area contributed by atoms with Gasteiger partial charge >= 0.3 is 6.03 Å². The number of hydrogen-bond acceptors (Lipinski definition) is 3. The summed E-state index contributed by atoms with van der Waals surface area (Å²) >= 11 is 0. The lowest BCUT2D eigenvalue weighted by molar-refractivity contribution is -0.119. The first-order valence-corrected chi connectivity index (χ1v) is 7.82. The van der Waals surface area contributed by atoms with Crippen LogP contribution in [0.5, 0.6) is 0 Å². The Morgan fingerprint density at radius 1 is 0.833 bits per heavy atom. The minimum atomic E-state index is -0.318. The van der Waals surface area contributed by atoms with Crippen molar-refractivity contribution < 1.29 is 14.3 Å². The lowest BCUT2D eigenvalue weighted by Crippen LogP contribution is -2.23. The summed E-state index contributed by atoms with van der Waals surface area (Å²) in [5.74, 6) is -0.116. The third-order valence-corrected chi connectivity index (χ3v) is 3.74. The van der Waals surface area contributed by atoms with Gasteiger partial charge in [-0.3, -0.25) is 4.79 Å². The zero-order valence-corrected chi connectivity index (χ0v) is 13.1. The first-order chi connectivity index (χ1) is 11.7. The number of benzene rings is 2. The molecule has 2 aromatic rings. The zero-order chi connectivity index (χ0) is 16.8. The maximum Gasteiger partial charge on any atom is 0.323 e. The third kappa shape index (κ3) is 4.33. The van der Waals surface area contributed by atoms with Crippen LogP contribution in [0.3, 0.4) is 0 Å². The third-order valence-electron chi connectivity index (χ3n) is 3.74. The first-order valence-electron chi connectivity index (χ1n) is 7.82. The molecule has 124 valence electrons. The van der Waals surface area contributed by atoms with Gasteiger partial charge in [0.1, 0.15) is 0 Å². The molecule has 0 aromatic heterocycles. The van der Waals surface area contributed by atoms with Crippen LogP contribution < -0.4 is 16.0 Å². The highest BCUT2D eigenvalue weighted by Crippen LogP contribution is 2.18. The van der Waals surface area contributed by atoms with Gasteiger partial charge < -0.3 is 20.7 Å². The average molecular weight is 325 g/mol. The molecular formula is C18H19N3O3. The molecule has 2 aromatic carbocycles. The summed E-state index contributed by atoms with van der Waals surface area (Å²) < 4.78 is 5.21. The van der Waals surface area contributed by atoms with Crippen LogP contribution >= 0.6 is 0 Å². The Hall–Kier alpha value is -2.86. The number of nitrogens with one attached hydrogen (secondary N) is 3. The highest BCUT2D eigenvalue weighted by Gasteiger charge is 2.23. The smallest absolute Gasteiger partial charge is 0.323 e. The van der Waals surface area contributed by atoms with Gasteiger partial charge in [-0.15, -0.1) is 0 Å². The number of anilines is 3. The molecule has 0 radical (unpaired) electrons. The Labute approximate surface area is 140 Å².